The van der Waals surface area contributed by atoms with Gasteiger partial charge in [-0.3, -0.25) is 0 Å². The maximum atomic E-state index is 11.0. The van der Waals surface area contributed by atoms with E-state index in [1.54, 1.807) is 24.3 Å². The van der Waals surface area contributed by atoms with Crippen molar-refractivity contribution >= 4 is 17.6 Å². The summed E-state index contributed by atoms with van der Waals surface area (Å²) in [6, 6.07) is 6.87. The van der Waals surface area contributed by atoms with E-state index in [-0.39, 0.29) is 5.56 Å². The molecule has 0 aliphatic carbocycles. The Morgan fingerprint density at radius 2 is 2.19 bits per heavy atom. The second-order valence-electron chi connectivity index (χ2n) is 3.10. The molecular formula is C11H7ClN2O2. The van der Waals surface area contributed by atoms with Gasteiger partial charge in [-0.1, -0.05) is 23.7 Å². The van der Waals surface area contributed by atoms with Crippen molar-refractivity contribution in [1.29, 1.82) is 0 Å². The van der Waals surface area contributed by atoms with Gasteiger partial charge in [-0.25, -0.2) is 14.8 Å². The van der Waals surface area contributed by atoms with E-state index in [4.69, 9.17) is 16.7 Å². The zero-order chi connectivity index (χ0) is 11.5. The summed E-state index contributed by atoms with van der Waals surface area (Å²) in [6.07, 6.45) is 2.58. The summed E-state index contributed by atoms with van der Waals surface area (Å²) < 4.78 is 0. The maximum Gasteiger partial charge on any atom is 0.339 e. The van der Waals surface area contributed by atoms with Crippen LogP contribution in [0.15, 0.2) is 36.8 Å². The standard InChI is InChI=1S/C11H7ClN2O2/c12-8-3-1-2-7(4-8)10-9(11(15)16)5-13-6-14-10/h1-6H,(H,15,16). The van der Waals surface area contributed by atoms with E-state index in [0.29, 0.717) is 16.3 Å². The minimum atomic E-state index is -1.06. The number of carbonyl (C=O) groups is 1. The quantitative estimate of drug-likeness (QED) is 0.867. The summed E-state index contributed by atoms with van der Waals surface area (Å²) in [5.41, 5.74) is 1.09. The Morgan fingerprint density at radius 3 is 2.88 bits per heavy atom. The van der Waals surface area contributed by atoms with E-state index < -0.39 is 5.97 Å². The third-order valence-corrected chi connectivity index (χ3v) is 2.28. The Balaban J connectivity index is 2.60. The summed E-state index contributed by atoms with van der Waals surface area (Å²) >= 11 is 5.84. The smallest absolute Gasteiger partial charge is 0.339 e. The molecule has 0 bridgehead atoms. The predicted molar refractivity (Wildman–Crippen MR) is 59.4 cm³/mol. The van der Waals surface area contributed by atoms with Gasteiger partial charge in [0.2, 0.25) is 0 Å². The molecule has 0 radical (unpaired) electrons. The van der Waals surface area contributed by atoms with E-state index in [9.17, 15) is 4.79 Å². The van der Waals surface area contributed by atoms with Gasteiger partial charge in [0.15, 0.2) is 0 Å². The van der Waals surface area contributed by atoms with Crippen LogP contribution in [0.3, 0.4) is 0 Å². The van der Waals surface area contributed by atoms with Gasteiger partial charge in [0.25, 0.3) is 0 Å². The van der Waals surface area contributed by atoms with Gasteiger partial charge in [0.05, 0.1) is 5.69 Å². The largest absolute Gasteiger partial charge is 0.478 e. The van der Waals surface area contributed by atoms with E-state index in [1.165, 1.54) is 12.5 Å². The molecule has 0 saturated carbocycles. The van der Waals surface area contributed by atoms with Crippen LogP contribution >= 0.6 is 11.6 Å². The highest BCUT2D eigenvalue weighted by atomic mass is 35.5. The molecule has 0 aliphatic rings. The van der Waals surface area contributed by atoms with Crippen LogP contribution in [0.2, 0.25) is 5.02 Å². The highest BCUT2D eigenvalue weighted by Crippen LogP contribution is 2.23. The van der Waals surface area contributed by atoms with Crippen molar-refractivity contribution in [1.82, 2.24) is 9.97 Å². The zero-order valence-electron chi connectivity index (χ0n) is 8.09. The molecule has 16 heavy (non-hydrogen) atoms. The first-order valence-corrected chi connectivity index (χ1v) is 4.85. The molecule has 80 valence electrons. The molecule has 1 aromatic carbocycles. The Kier molecular flexibility index (Phi) is 2.83. The third-order valence-electron chi connectivity index (χ3n) is 2.04. The lowest BCUT2D eigenvalue weighted by atomic mass is 10.1. The number of nitrogens with zero attached hydrogens (tertiary/aromatic N) is 2. The molecule has 0 aliphatic heterocycles. The topological polar surface area (TPSA) is 63.1 Å². The molecular weight excluding hydrogens is 228 g/mol. The van der Waals surface area contributed by atoms with Crippen molar-refractivity contribution in [3.63, 3.8) is 0 Å². The molecule has 0 fully saturated rings. The zero-order valence-corrected chi connectivity index (χ0v) is 8.85. The Labute approximate surface area is 96.6 Å². The molecule has 0 unspecified atom stereocenters. The molecule has 0 amide bonds. The van der Waals surface area contributed by atoms with Gasteiger partial charge in [-0.05, 0) is 12.1 Å². The summed E-state index contributed by atoms with van der Waals surface area (Å²) in [5, 5.41) is 9.52. The van der Waals surface area contributed by atoms with Crippen LogP contribution in [0, 0.1) is 0 Å². The lowest BCUT2D eigenvalue weighted by molar-refractivity contribution is 0.0697. The first kappa shape index (κ1) is 10.6. The monoisotopic (exact) mass is 234 g/mol. The van der Waals surface area contributed by atoms with E-state index in [2.05, 4.69) is 9.97 Å². The number of hydrogen-bond acceptors (Lipinski definition) is 3. The average Bonchev–Trinajstić information content (AvgIpc) is 2.29. The highest BCUT2D eigenvalue weighted by molar-refractivity contribution is 6.30. The van der Waals surface area contributed by atoms with Crippen LogP contribution in [0.25, 0.3) is 11.3 Å². The Morgan fingerprint density at radius 1 is 1.38 bits per heavy atom. The molecule has 5 heteroatoms. The summed E-state index contributed by atoms with van der Waals surface area (Å²) in [4.78, 5) is 18.6. The number of carboxylic acids is 1. The Hall–Kier alpha value is -1.94. The van der Waals surface area contributed by atoms with Crippen LogP contribution in [-0.2, 0) is 0 Å². The van der Waals surface area contributed by atoms with Gasteiger partial charge in [-0.15, -0.1) is 0 Å². The number of aromatic nitrogens is 2. The van der Waals surface area contributed by atoms with Gasteiger partial charge in [0, 0.05) is 16.8 Å². The predicted octanol–water partition coefficient (Wildman–Crippen LogP) is 2.50. The molecule has 1 heterocycles. The van der Waals surface area contributed by atoms with Crippen LogP contribution in [0.5, 0.6) is 0 Å². The molecule has 2 aromatic rings. The van der Waals surface area contributed by atoms with E-state index >= 15 is 0 Å². The van der Waals surface area contributed by atoms with Crippen LogP contribution < -0.4 is 0 Å². The third kappa shape index (κ3) is 2.01. The van der Waals surface area contributed by atoms with Crippen molar-refractivity contribution in [3.8, 4) is 11.3 Å². The number of hydrogen-bond donors (Lipinski definition) is 1. The highest BCUT2D eigenvalue weighted by Gasteiger charge is 2.12. The van der Waals surface area contributed by atoms with Crippen molar-refractivity contribution < 1.29 is 9.90 Å². The van der Waals surface area contributed by atoms with Crippen molar-refractivity contribution in [2.75, 3.05) is 0 Å². The number of carboxylic acid groups (broad SMARTS) is 1. The van der Waals surface area contributed by atoms with Gasteiger partial charge < -0.3 is 5.11 Å². The lowest BCUT2D eigenvalue weighted by Gasteiger charge is -2.04. The van der Waals surface area contributed by atoms with Crippen molar-refractivity contribution in [3.05, 3.63) is 47.4 Å². The van der Waals surface area contributed by atoms with Gasteiger partial charge >= 0.3 is 5.97 Å². The second kappa shape index (κ2) is 4.28. The van der Waals surface area contributed by atoms with Crippen molar-refractivity contribution in [2.45, 2.75) is 0 Å². The van der Waals surface area contributed by atoms with E-state index in [1.807, 2.05) is 0 Å². The van der Waals surface area contributed by atoms with Gasteiger partial charge in [0.1, 0.15) is 11.9 Å². The number of rotatable bonds is 2. The first-order chi connectivity index (χ1) is 7.68. The molecule has 1 aromatic heterocycles. The number of benzene rings is 1. The molecule has 0 saturated heterocycles. The van der Waals surface area contributed by atoms with Gasteiger partial charge in [-0.2, -0.15) is 0 Å². The summed E-state index contributed by atoms with van der Waals surface area (Å²) in [7, 11) is 0. The number of halogens is 1. The minimum Gasteiger partial charge on any atom is -0.478 e. The normalized spacial score (nSPS) is 10.1. The molecule has 0 spiro atoms. The molecule has 0 atom stereocenters. The minimum absolute atomic E-state index is 0.0600. The Bertz CT molecular complexity index is 543. The molecule has 2 rings (SSSR count). The summed E-state index contributed by atoms with van der Waals surface area (Å²) in [6.45, 7) is 0. The summed E-state index contributed by atoms with van der Waals surface area (Å²) in [5.74, 6) is -1.06. The fraction of sp³-hybridized carbons (Fsp3) is 0. The van der Waals surface area contributed by atoms with Crippen LogP contribution in [0.4, 0.5) is 0 Å². The first-order valence-electron chi connectivity index (χ1n) is 4.47. The van der Waals surface area contributed by atoms with Crippen LogP contribution in [0.1, 0.15) is 10.4 Å². The molecule has 1 N–H and O–H groups in total. The second-order valence-corrected chi connectivity index (χ2v) is 3.54. The van der Waals surface area contributed by atoms with Crippen LogP contribution in [-0.4, -0.2) is 21.0 Å². The maximum absolute atomic E-state index is 11.0. The fourth-order valence-corrected chi connectivity index (χ4v) is 1.54. The number of aromatic carboxylic acids is 1. The SMILES string of the molecule is O=C(O)c1cncnc1-c1cccc(Cl)c1. The molecule has 4 nitrogen and oxygen atoms in total. The van der Waals surface area contributed by atoms with Crippen molar-refractivity contribution in [2.24, 2.45) is 0 Å². The lowest BCUT2D eigenvalue weighted by Crippen LogP contribution is -2.02. The fourth-order valence-electron chi connectivity index (χ4n) is 1.35. The van der Waals surface area contributed by atoms with E-state index in [0.717, 1.165) is 0 Å². The average molecular weight is 235 g/mol.